The SMILES string of the molecule is O[C@@H]1CC[C@@H](Nc2nnc(Cl)c3ccccc23)C1. The van der Waals surface area contributed by atoms with E-state index in [2.05, 4.69) is 15.5 Å². The minimum atomic E-state index is -0.200. The molecule has 1 heterocycles. The third-order valence-corrected chi connectivity index (χ3v) is 3.67. The molecule has 0 saturated heterocycles. The van der Waals surface area contributed by atoms with Gasteiger partial charge in [-0.15, -0.1) is 10.2 Å². The Hall–Kier alpha value is -1.39. The average Bonchev–Trinajstić information content (AvgIpc) is 2.79. The molecule has 0 radical (unpaired) electrons. The number of anilines is 1. The first kappa shape index (κ1) is 11.7. The van der Waals surface area contributed by atoms with Gasteiger partial charge in [0.25, 0.3) is 0 Å². The molecule has 2 atom stereocenters. The molecule has 0 amide bonds. The Labute approximate surface area is 110 Å². The number of nitrogens with one attached hydrogen (secondary N) is 1. The molecule has 0 spiro atoms. The normalized spacial score (nSPS) is 23.4. The molecule has 5 heteroatoms. The number of rotatable bonds is 2. The summed E-state index contributed by atoms with van der Waals surface area (Å²) in [6.45, 7) is 0. The van der Waals surface area contributed by atoms with Crippen molar-refractivity contribution in [3.63, 3.8) is 0 Å². The third kappa shape index (κ3) is 2.13. The van der Waals surface area contributed by atoms with Gasteiger partial charge in [0.05, 0.1) is 6.10 Å². The van der Waals surface area contributed by atoms with Crippen LogP contribution in [-0.2, 0) is 0 Å². The second-order valence-corrected chi connectivity index (χ2v) is 5.05. The van der Waals surface area contributed by atoms with Crippen LogP contribution >= 0.6 is 11.6 Å². The maximum Gasteiger partial charge on any atom is 0.159 e. The molecule has 1 aliphatic rings. The van der Waals surface area contributed by atoms with Crippen LogP contribution in [0.1, 0.15) is 19.3 Å². The highest BCUT2D eigenvalue weighted by Gasteiger charge is 2.23. The standard InChI is InChI=1S/C13H14ClN3O/c14-12-10-3-1-2-4-11(10)13(17-16-12)15-8-5-6-9(18)7-8/h1-4,8-9,18H,5-7H2,(H,15,17)/t8-,9-/m1/s1. The van der Waals surface area contributed by atoms with Gasteiger partial charge in [-0.2, -0.15) is 0 Å². The van der Waals surface area contributed by atoms with E-state index in [9.17, 15) is 5.11 Å². The van der Waals surface area contributed by atoms with Crippen LogP contribution in [0.4, 0.5) is 5.82 Å². The van der Waals surface area contributed by atoms with Crippen molar-refractivity contribution in [3.8, 4) is 0 Å². The van der Waals surface area contributed by atoms with E-state index in [0.29, 0.717) is 5.15 Å². The minimum absolute atomic E-state index is 0.200. The number of benzene rings is 1. The molecule has 3 rings (SSSR count). The molecule has 0 aliphatic heterocycles. The molecule has 2 N–H and O–H groups in total. The fourth-order valence-electron chi connectivity index (χ4n) is 2.46. The summed E-state index contributed by atoms with van der Waals surface area (Å²) < 4.78 is 0. The maximum absolute atomic E-state index is 9.54. The molecule has 1 fully saturated rings. The smallest absolute Gasteiger partial charge is 0.159 e. The van der Waals surface area contributed by atoms with Crippen molar-refractivity contribution in [3.05, 3.63) is 29.4 Å². The van der Waals surface area contributed by atoms with Crippen LogP contribution in [-0.4, -0.2) is 27.4 Å². The first-order valence-electron chi connectivity index (χ1n) is 6.09. The molecule has 0 unspecified atom stereocenters. The summed E-state index contributed by atoms with van der Waals surface area (Å²) in [4.78, 5) is 0. The van der Waals surface area contributed by atoms with Gasteiger partial charge >= 0.3 is 0 Å². The number of nitrogens with zero attached hydrogens (tertiary/aromatic N) is 2. The number of halogens is 1. The van der Waals surface area contributed by atoms with E-state index < -0.39 is 0 Å². The van der Waals surface area contributed by atoms with Crippen molar-refractivity contribution in [1.82, 2.24) is 10.2 Å². The molecule has 2 aromatic rings. The van der Waals surface area contributed by atoms with Gasteiger partial charge in [0, 0.05) is 16.8 Å². The predicted octanol–water partition coefficient (Wildman–Crippen LogP) is 2.61. The predicted molar refractivity (Wildman–Crippen MR) is 71.8 cm³/mol. The number of hydrogen-bond donors (Lipinski definition) is 2. The molecule has 18 heavy (non-hydrogen) atoms. The largest absolute Gasteiger partial charge is 0.393 e. The second kappa shape index (κ2) is 4.71. The summed E-state index contributed by atoms with van der Waals surface area (Å²) in [5.41, 5.74) is 0. The van der Waals surface area contributed by atoms with Crippen molar-refractivity contribution in [2.75, 3.05) is 5.32 Å². The van der Waals surface area contributed by atoms with Gasteiger partial charge in [-0.1, -0.05) is 35.9 Å². The van der Waals surface area contributed by atoms with Gasteiger partial charge in [-0.05, 0) is 19.3 Å². The highest BCUT2D eigenvalue weighted by molar-refractivity contribution is 6.34. The lowest BCUT2D eigenvalue weighted by atomic mass is 10.1. The highest BCUT2D eigenvalue weighted by atomic mass is 35.5. The van der Waals surface area contributed by atoms with E-state index in [1.807, 2.05) is 24.3 Å². The van der Waals surface area contributed by atoms with Crippen LogP contribution in [0.3, 0.4) is 0 Å². The van der Waals surface area contributed by atoms with E-state index in [4.69, 9.17) is 11.6 Å². The zero-order valence-corrected chi connectivity index (χ0v) is 10.6. The van der Waals surface area contributed by atoms with Crippen LogP contribution in [0, 0.1) is 0 Å². The summed E-state index contributed by atoms with van der Waals surface area (Å²) in [6.07, 6.45) is 2.36. The third-order valence-electron chi connectivity index (χ3n) is 3.39. The quantitative estimate of drug-likeness (QED) is 0.874. The molecule has 0 bridgehead atoms. The lowest BCUT2D eigenvalue weighted by molar-refractivity contribution is 0.182. The monoisotopic (exact) mass is 263 g/mol. The summed E-state index contributed by atoms with van der Waals surface area (Å²) in [6, 6.07) is 8.05. The molecule has 4 nitrogen and oxygen atoms in total. The van der Waals surface area contributed by atoms with E-state index in [-0.39, 0.29) is 12.1 Å². The summed E-state index contributed by atoms with van der Waals surface area (Å²) in [5.74, 6) is 0.745. The average molecular weight is 264 g/mol. The summed E-state index contributed by atoms with van der Waals surface area (Å²) in [7, 11) is 0. The molecule has 1 aliphatic carbocycles. The zero-order chi connectivity index (χ0) is 12.5. The fraction of sp³-hybridized carbons (Fsp3) is 0.385. The van der Waals surface area contributed by atoms with E-state index in [1.165, 1.54) is 0 Å². The van der Waals surface area contributed by atoms with Crippen molar-refractivity contribution < 1.29 is 5.11 Å². The number of aliphatic hydroxyl groups is 1. The molecule has 94 valence electrons. The van der Waals surface area contributed by atoms with E-state index in [0.717, 1.165) is 35.9 Å². The van der Waals surface area contributed by atoms with Crippen LogP contribution in [0.5, 0.6) is 0 Å². The van der Waals surface area contributed by atoms with Crippen LogP contribution in [0.2, 0.25) is 5.15 Å². The van der Waals surface area contributed by atoms with Crippen molar-refractivity contribution >= 4 is 28.2 Å². The number of hydrogen-bond acceptors (Lipinski definition) is 4. The summed E-state index contributed by atoms with van der Waals surface area (Å²) in [5, 5.41) is 23.3. The molecule has 1 saturated carbocycles. The van der Waals surface area contributed by atoms with Crippen LogP contribution < -0.4 is 5.32 Å². The highest BCUT2D eigenvalue weighted by Crippen LogP contribution is 2.28. The van der Waals surface area contributed by atoms with E-state index >= 15 is 0 Å². The Balaban J connectivity index is 1.95. The van der Waals surface area contributed by atoms with Crippen molar-refractivity contribution in [2.45, 2.75) is 31.4 Å². The minimum Gasteiger partial charge on any atom is -0.393 e. The second-order valence-electron chi connectivity index (χ2n) is 4.69. The molecular weight excluding hydrogens is 250 g/mol. The fourth-order valence-corrected chi connectivity index (χ4v) is 2.66. The van der Waals surface area contributed by atoms with Gasteiger partial charge in [-0.3, -0.25) is 0 Å². The Bertz CT molecular complexity index is 575. The lowest BCUT2D eigenvalue weighted by Crippen LogP contribution is -2.18. The molecule has 1 aromatic heterocycles. The van der Waals surface area contributed by atoms with Gasteiger partial charge in [-0.25, -0.2) is 0 Å². The molecular formula is C13H14ClN3O. The number of aromatic nitrogens is 2. The number of fused-ring (bicyclic) bond motifs is 1. The van der Waals surface area contributed by atoms with Crippen molar-refractivity contribution in [1.29, 1.82) is 0 Å². The van der Waals surface area contributed by atoms with Crippen molar-refractivity contribution in [2.24, 2.45) is 0 Å². The lowest BCUT2D eigenvalue weighted by Gasteiger charge is -2.14. The first-order valence-corrected chi connectivity index (χ1v) is 6.47. The van der Waals surface area contributed by atoms with Gasteiger partial charge in [0.1, 0.15) is 0 Å². The first-order chi connectivity index (χ1) is 8.74. The Morgan fingerprint density at radius 1 is 1.17 bits per heavy atom. The Morgan fingerprint density at radius 3 is 2.67 bits per heavy atom. The van der Waals surface area contributed by atoms with Crippen LogP contribution in [0.25, 0.3) is 10.8 Å². The topological polar surface area (TPSA) is 58.0 Å². The Morgan fingerprint density at radius 2 is 1.94 bits per heavy atom. The van der Waals surface area contributed by atoms with Gasteiger partial charge in [0.15, 0.2) is 11.0 Å². The Kier molecular flexibility index (Phi) is 3.06. The van der Waals surface area contributed by atoms with E-state index in [1.54, 1.807) is 0 Å². The van der Waals surface area contributed by atoms with Gasteiger partial charge in [0.2, 0.25) is 0 Å². The summed E-state index contributed by atoms with van der Waals surface area (Å²) >= 11 is 6.03. The van der Waals surface area contributed by atoms with Gasteiger partial charge < -0.3 is 10.4 Å². The van der Waals surface area contributed by atoms with Crippen LogP contribution in [0.15, 0.2) is 24.3 Å². The molecule has 1 aromatic carbocycles. The zero-order valence-electron chi connectivity index (χ0n) is 9.81. The number of aliphatic hydroxyl groups excluding tert-OH is 1. The maximum atomic E-state index is 9.54.